The second-order valence-corrected chi connectivity index (χ2v) is 6.27. The number of aliphatic hydroxyl groups is 1. The number of anilines is 1. The molecule has 0 amide bonds. The third-order valence-corrected chi connectivity index (χ3v) is 5.06. The molecule has 21 heavy (non-hydrogen) atoms. The number of aryl methyl sites for hydroxylation is 1. The average molecular weight is 297 g/mol. The number of rotatable bonds is 1. The van der Waals surface area contributed by atoms with Crippen molar-refractivity contribution in [1.29, 1.82) is 0 Å². The minimum absolute atomic E-state index is 0.471. The van der Waals surface area contributed by atoms with Gasteiger partial charge in [0.15, 0.2) is 0 Å². The van der Waals surface area contributed by atoms with Gasteiger partial charge in [-0.3, -0.25) is 0 Å². The number of aromatic nitrogens is 2. The van der Waals surface area contributed by atoms with E-state index >= 15 is 0 Å². The minimum Gasteiger partial charge on any atom is -0.387 e. The van der Waals surface area contributed by atoms with Crippen molar-refractivity contribution in [3.8, 4) is 0 Å². The standard InChI is InChI=1S/C16H15N3OS/c1-10-8-21-15-14(10)17-9-18-16(15)19-6-11-4-2-3-5-12(11)13(20)7-19/h2-5,8-9,13,20H,6-7H2,1H3/t13-/m0/s1. The number of hydrogen-bond donors (Lipinski definition) is 1. The Labute approximate surface area is 126 Å². The first-order valence-electron chi connectivity index (χ1n) is 6.93. The number of hydrogen-bond acceptors (Lipinski definition) is 5. The molecule has 0 spiro atoms. The quantitative estimate of drug-likeness (QED) is 0.750. The number of β-amino-alcohol motifs (C(OH)–C–C–N with tert-alkyl or cyclic N) is 1. The summed E-state index contributed by atoms with van der Waals surface area (Å²) in [6.45, 7) is 3.41. The van der Waals surface area contributed by atoms with E-state index in [9.17, 15) is 5.11 Å². The van der Waals surface area contributed by atoms with Crippen LogP contribution in [0.25, 0.3) is 10.2 Å². The number of benzene rings is 1. The minimum atomic E-state index is -0.471. The summed E-state index contributed by atoms with van der Waals surface area (Å²) in [4.78, 5) is 11.0. The number of thiophene rings is 1. The predicted octanol–water partition coefficient (Wildman–Crippen LogP) is 3.05. The zero-order valence-corrected chi connectivity index (χ0v) is 12.5. The first kappa shape index (κ1) is 12.7. The Balaban J connectivity index is 1.81. The molecular weight excluding hydrogens is 282 g/mol. The lowest BCUT2D eigenvalue weighted by atomic mass is 9.97. The van der Waals surface area contributed by atoms with Crippen molar-refractivity contribution in [2.45, 2.75) is 19.6 Å². The van der Waals surface area contributed by atoms with Gasteiger partial charge in [-0.2, -0.15) is 0 Å². The van der Waals surface area contributed by atoms with Crippen LogP contribution in [0.4, 0.5) is 5.82 Å². The van der Waals surface area contributed by atoms with Crippen molar-refractivity contribution >= 4 is 27.4 Å². The highest BCUT2D eigenvalue weighted by atomic mass is 32.1. The van der Waals surface area contributed by atoms with E-state index in [1.165, 1.54) is 5.56 Å². The fourth-order valence-corrected chi connectivity index (χ4v) is 3.94. The summed E-state index contributed by atoms with van der Waals surface area (Å²) in [7, 11) is 0. The summed E-state index contributed by atoms with van der Waals surface area (Å²) in [5, 5.41) is 12.5. The topological polar surface area (TPSA) is 49.2 Å². The van der Waals surface area contributed by atoms with Crippen molar-refractivity contribution in [2.24, 2.45) is 0 Å². The second kappa shape index (κ2) is 4.79. The van der Waals surface area contributed by atoms with E-state index in [-0.39, 0.29) is 0 Å². The molecule has 0 unspecified atom stereocenters. The maximum absolute atomic E-state index is 10.4. The average Bonchev–Trinajstić information content (AvgIpc) is 2.89. The molecule has 106 valence electrons. The van der Waals surface area contributed by atoms with Crippen molar-refractivity contribution in [3.05, 3.63) is 52.7 Å². The van der Waals surface area contributed by atoms with E-state index in [2.05, 4.69) is 33.2 Å². The summed E-state index contributed by atoms with van der Waals surface area (Å²) in [6.07, 6.45) is 1.14. The molecule has 4 nitrogen and oxygen atoms in total. The summed E-state index contributed by atoms with van der Waals surface area (Å²) in [6, 6.07) is 8.06. The summed E-state index contributed by atoms with van der Waals surface area (Å²) in [5.41, 5.74) is 4.38. The number of nitrogens with zero attached hydrogens (tertiary/aromatic N) is 3. The first-order valence-corrected chi connectivity index (χ1v) is 7.81. The van der Waals surface area contributed by atoms with Gasteiger partial charge in [0, 0.05) is 13.1 Å². The Bertz CT molecular complexity index is 814. The summed E-state index contributed by atoms with van der Waals surface area (Å²) >= 11 is 1.67. The van der Waals surface area contributed by atoms with Gasteiger partial charge in [-0.25, -0.2) is 9.97 Å². The fraction of sp³-hybridized carbons (Fsp3) is 0.250. The van der Waals surface area contributed by atoms with Crippen LogP contribution in [0.2, 0.25) is 0 Å². The van der Waals surface area contributed by atoms with Gasteiger partial charge >= 0.3 is 0 Å². The Kier molecular flexibility index (Phi) is 2.90. The largest absolute Gasteiger partial charge is 0.387 e. The molecule has 0 fully saturated rings. The second-order valence-electron chi connectivity index (χ2n) is 5.39. The van der Waals surface area contributed by atoms with Crippen molar-refractivity contribution in [2.75, 3.05) is 11.4 Å². The Morgan fingerprint density at radius 3 is 3.05 bits per heavy atom. The molecule has 0 saturated carbocycles. The lowest BCUT2D eigenvalue weighted by Gasteiger charge is -2.33. The first-order chi connectivity index (χ1) is 10.2. The molecule has 0 radical (unpaired) electrons. The van der Waals surface area contributed by atoms with Crippen LogP contribution in [0, 0.1) is 6.92 Å². The van der Waals surface area contributed by atoms with Crippen LogP contribution in [0.3, 0.4) is 0 Å². The molecule has 1 atom stereocenters. The van der Waals surface area contributed by atoms with Gasteiger partial charge < -0.3 is 10.0 Å². The van der Waals surface area contributed by atoms with Gasteiger partial charge in [-0.05, 0) is 29.0 Å². The highest BCUT2D eigenvalue weighted by Gasteiger charge is 2.25. The van der Waals surface area contributed by atoms with Gasteiger partial charge in [0.1, 0.15) is 12.1 Å². The van der Waals surface area contributed by atoms with E-state index in [0.717, 1.165) is 33.7 Å². The Morgan fingerprint density at radius 2 is 2.14 bits per heavy atom. The molecule has 4 rings (SSSR count). The zero-order valence-electron chi connectivity index (χ0n) is 11.7. The van der Waals surface area contributed by atoms with Crippen LogP contribution in [0.15, 0.2) is 36.0 Å². The van der Waals surface area contributed by atoms with E-state index < -0.39 is 6.10 Å². The molecule has 2 aromatic heterocycles. The van der Waals surface area contributed by atoms with Crippen molar-refractivity contribution in [3.63, 3.8) is 0 Å². The lowest BCUT2D eigenvalue weighted by Crippen LogP contribution is -2.34. The van der Waals surface area contributed by atoms with Crippen LogP contribution in [-0.2, 0) is 6.54 Å². The van der Waals surface area contributed by atoms with Crippen LogP contribution in [-0.4, -0.2) is 21.6 Å². The fourth-order valence-electron chi connectivity index (χ4n) is 2.92. The lowest BCUT2D eigenvalue weighted by molar-refractivity contribution is 0.175. The molecule has 1 N–H and O–H groups in total. The molecule has 0 saturated heterocycles. The molecule has 1 aliphatic heterocycles. The molecule has 1 aliphatic rings. The van der Waals surface area contributed by atoms with Gasteiger partial charge in [0.25, 0.3) is 0 Å². The highest BCUT2D eigenvalue weighted by Crippen LogP contribution is 2.35. The van der Waals surface area contributed by atoms with E-state index in [4.69, 9.17) is 0 Å². The van der Waals surface area contributed by atoms with Crippen LogP contribution >= 0.6 is 11.3 Å². The van der Waals surface area contributed by atoms with Gasteiger partial charge in [-0.1, -0.05) is 24.3 Å². The highest BCUT2D eigenvalue weighted by molar-refractivity contribution is 7.18. The molecule has 3 aromatic rings. The number of aliphatic hydroxyl groups excluding tert-OH is 1. The maximum Gasteiger partial charge on any atom is 0.150 e. The van der Waals surface area contributed by atoms with Gasteiger partial charge in [-0.15, -0.1) is 11.3 Å². The van der Waals surface area contributed by atoms with E-state index in [1.54, 1.807) is 17.7 Å². The van der Waals surface area contributed by atoms with E-state index in [1.807, 2.05) is 18.2 Å². The van der Waals surface area contributed by atoms with Gasteiger partial charge in [0.2, 0.25) is 0 Å². The Morgan fingerprint density at radius 1 is 1.29 bits per heavy atom. The third-order valence-electron chi connectivity index (χ3n) is 3.98. The molecule has 0 aliphatic carbocycles. The van der Waals surface area contributed by atoms with Crippen molar-refractivity contribution < 1.29 is 5.11 Å². The predicted molar refractivity (Wildman–Crippen MR) is 84.6 cm³/mol. The van der Waals surface area contributed by atoms with Crippen molar-refractivity contribution in [1.82, 2.24) is 9.97 Å². The SMILES string of the molecule is Cc1csc2c(N3Cc4ccccc4[C@@H](O)C3)ncnc12. The smallest absolute Gasteiger partial charge is 0.150 e. The molecule has 1 aromatic carbocycles. The normalized spacial score (nSPS) is 18.0. The van der Waals surface area contributed by atoms with E-state index in [0.29, 0.717) is 6.54 Å². The summed E-state index contributed by atoms with van der Waals surface area (Å²) < 4.78 is 1.10. The third kappa shape index (κ3) is 2.01. The van der Waals surface area contributed by atoms with Gasteiger partial charge in [0.05, 0.1) is 16.3 Å². The van der Waals surface area contributed by atoms with Crippen LogP contribution in [0.5, 0.6) is 0 Å². The molecule has 3 heterocycles. The zero-order chi connectivity index (χ0) is 14.4. The van der Waals surface area contributed by atoms with Crippen LogP contribution < -0.4 is 4.90 Å². The number of fused-ring (bicyclic) bond motifs is 2. The monoisotopic (exact) mass is 297 g/mol. The molecular formula is C16H15N3OS. The molecule has 5 heteroatoms. The maximum atomic E-state index is 10.4. The Hall–Kier alpha value is -1.98. The summed E-state index contributed by atoms with van der Waals surface area (Å²) in [5.74, 6) is 0.923. The molecule has 0 bridgehead atoms. The van der Waals surface area contributed by atoms with Crippen LogP contribution in [0.1, 0.15) is 22.8 Å².